The molecule has 2 N–H and O–H groups in total. The summed E-state index contributed by atoms with van der Waals surface area (Å²) in [5, 5.41) is 10.4. The van der Waals surface area contributed by atoms with E-state index in [9.17, 15) is 4.79 Å². The largest absolute Gasteiger partial charge is 0.335 e. The number of aromatic nitrogens is 4. The SMILES string of the molecule is C[C@@H](Cn1ccnc1)NC(=O)Nc1cccc(Cl)c1-n1cccn1. The molecule has 0 radical (unpaired) electrons. The number of imidazole rings is 1. The second-order valence-electron chi connectivity index (χ2n) is 5.35. The zero-order valence-corrected chi connectivity index (χ0v) is 13.8. The van der Waals surface area contributed by atoms with E-state index in [1.807, 2.05) is 17.7 Å². The number of para-hydroxylation sites is 1. The number of rotatable bonds is 5. The van der Waals surface area contributed by atoms with Gasteiger partial charge in [-0.1, -0.05) is 17.7 Å². The highest BCUT2D eigenvalue weighted by Crippen LogP contribution is 2.27. The molecule has 0 aliphatic heterocycles. The first-order valence-electron chi connectivity index (χ1n) is 7.45. The number of urea groups is 1. The Bertz CT molecular complexity index is 800. The first-order chi connectivity index (χ1) is 11.6. The van der Waals surface area contributed by atoms with Crippen LogP contribution in [0.3, 0.4) is 0 Å². The van der Waals surface area contributed by atoms with E-state index in [2.05, 4.69) is 20.7 Å². The minimum absolute atomic E-state index is 0.0634. The lowest BCUT2D eigenvalue weighted by Gasteiger charge is -2.17. The third-order valence-corrected chi connectivity index (χ3v) is 3.69. The zero-order valence-electron chi connectivity index (χ0n) is 13.1. The summed E-state index contributed by atoms with van der Waals surface area (Å²) in [5.74, 6) is 0. The fourth-order valence-corrected chi connectivity index (χ4v) is 2.65. The molecule has 2 amide bonds. The third-order valence-electron chi connectivity index (χ3n) is 3.39. The van der Waals surface area contributed by atoms with E-state index in [0.29, 0.717) is 22.9 Å². The van der Waals surface area contributed by atoms with Gasteiger partial charge in [-0.25, -0.2) is 14.5 Å². The lowest BCUT2D eigenvalue weighted by Crippen LogP contribution is -2.38. The van der Waals surface area contributed by atoms with Gasteiger partial charge in [0.25, 0.3) is 0 Å². The molecule has 3 rings (SSSR count). The van der Waals surface area contributed by atoms with Gasteiger partial charge in [-0.2, -0.15) is 5.10 Å². The van der Waals surface area contributed by atoms with E-state index in [4.69, 9.17) is 11.6 Å². The number of carbonyl (C=O) groups is 1. The number of anilines is 1. The molecule has 2 heterocycles. The Kier molecular flexibility index (Phi) is 4.81. The second kappa shape index (κ2) is 7.18. The Hall–Kier alpha value is -2.80. The van der Waals surface area contributed by atoms with Crippen LogP contribution >= 0.6 is 11.6 Å². The highest BCUT2D eigenvalue weighted by atomic mass is 35.5. The lowest BCUT2D eigenvalue weighted by molar-refractivity contribution is 0.248. The Morgan fingerprint density at radius 3 is 2.88 bits per heavy atom. The monoisotopic (exact) mass is 344 g/mol. The van der Waals surface area contributed by atoms with Crippen molar-refractivity contribution in [2.75, 3.05) is 5.32 Å². The van der Waals surface area contributed by atoms with Crippen LogP contribution in [0, 0.1) is 0 Å². The molecule has 0 saturated heterocycles. The molecule has 0 saturated carbocycles. The van der Waals surface area contributed by atoms with Crippen molar-refractivity contribution in [2.45, 2.75) is 19.5 Å². The van der Waals surface area contributed by atoms with Gasteiger partial charge in [-0.05, 0) is 25.1 Å². The molecule has 8 heteroatoms. The van der Waals surface area contributed by atoms with Crippen molar-refractivity contribution in [1.82, 2.24) is 24.6 Å². The summed E-state index contributed by atoms with van der Waals surface area (Å²) in [7, 11) is 0. The second-order valence-corrected chi connectivity index (χ2v) is 5.75. The number of nitrogens with zero attached hydrogens (tertiary/aromatic N) is 4. The van der Waals surface area contributed by atoms with Gasteiger partial charge in [0, 0.05) is 37.4 Å². The quantitative estimate of drug-likeness (QED) is 0.747. The van der Waals surface area contributed by atoms with Crippen LogP contribution in [0.2, 0.25) is 5.02 Å². The fourth-order valence-electron chi connectivity index (χ4n) is 2.39. The Morgan fingerprint density at radius 1 is 1.29 bits per heavy atom. The summed E-state index contributed by atoms with van der Waals surface area (Å²) in [6.45, 7) is 2.56. The molecule has 7 nitrogen and oxygen atoms in total. The maximum Gasteiger partial charge on any atom is 0.319 e. The summed E-state index contributed by atoms with van der Waals surface area (Å²) in [6, 6.07) is 6.73. The highest BCUT2D eigenvalue weighted by molar-refractivity contribution is 6.33. The van der Waals surface area contributed by atoms with Gasteiger partial charge in [-0.3, -0.25) is 0 Å². The Labute approximate surface area is 144 Å². The molecule has 0 aliphatic carbocycles. The predicted molar refractivity (Wildman–Crippen MR) is 92.4 cm³/mol. The van der Waals surface area contributed by atoms with Crippen molar-refractivity contribution in [3.8, 4) is 5.69 Å². The van der Waals surface area contributed by atoms with Gasteiger partial charge in [0.05, 0.1) is 17.0 Å². The molecular weight excluding hydrogens is 328 g/mol. The summed E-state index contributed by atoms with van der Waals surface area (Å²) >= 11 is 6.26. The molecule has 2 aromatic heterocycles. The van der Waals surface area contributed by atoms with Crippen LogP contribution in [0.25, 0.3) is 5.69 Å². The van der Waals surface area contributed by atoms with E-state index >= 15 is 0 Å². The average molecular weight is 345 g/mol. The van der Waals surface area contributed by atoms with Crippen molar-refractivity contribution in [3.05, 3.63) is 60.4 Å². The zero-order chi connectivity index (χ0) is 16.9. The molecule has 124 valence electrons. The maximum atomic E-state index is 12.3. The maximum absolute atomic E-state index is 12.3. The summed E-state index contributed by atoms with van der Waals surface area (Å²) < 4.78 is 3.52. The minimum atomic E-state index is -0.307. The van der Waals surface area contributed by atoms with Crippen molar-refractivity contribution >= 4 is 23.3 Å². The Morgan fingerprint density at radius 2 is 2.17 bits per heavy atom. The smallest absolute Gasteiger partial charge is 0.319 e. The topological polar surface area (TPSA) is 76.8 Å². The number of hydrogen-bond donors (Lipinski definition) is 2. The van der Waals surface area contributed by atoms with Crippen LogP contribution in [0.15, 0.2) is 55.4 Å². The van der Waals surface area contributed by atoms with Gasteiger partial charge in [-0.15, -0.1) is 0 Å². The van der Waals surface area contributed by atoms with Crippen LogP contribution in [0.5, 0.6) is 0 Å². The van der Waals surface area contributed by atoms with Gasteiger partial charge < -0.3 is 15.2 Å². The first-order valence-corrected chi connectivity index (χ1v) is 7.83. The summed E-state index contributed by atoms with van der Waals surface area (Å²) in [6.07, 6.45) is 8.69. The minimum Gasteiger partial charge on any atom is -0.335 e. The van der Waals surface area contributed by atoms with Crippen molar-refractivity contribution in [1.29, 1.82) is 0 Å². The highest BCUT2D eigenvalue weighted by Gasteiger charge is 2.13. The molecule has 0 fully saturated rings. The van der Waals surface area contributed by atoms with Crippen LogP contribution < -0.4 is 10.6 Å². The van der Waals surface area contributed by atoms with E-state index in [1.165, 1.54) is 0 Å². The van der Waals surface area contributed by atoms with Crippen LogP contribution in [0.4, 0.5) is 10.5 Å². The van der Waals surface area contributed by atoms with E-state index in [1.54, 1.807) is 53.9 Å². The molecule has 1 aromatic carbocycles. The van der Waals surface area contributed by atoms with Gasteiger partial charge in [0.1, 0.15) is 5.69 Å². The van der Waals surface area contributed by atoms with Gasteiger partial charge in [0.2, 0.25) is 0 Å². The normalized spacial score (nSPS) is 11.9. The van der Waals surface area contributed by atoms with Gasteiger partial charge >= 0.3 is 6.03 Å². The Balaban J connectivity index is 1.69. The average Bonchev–Trinajstić information content (AvgIpc) is 3.20. The molecule has 0 spiro atoms. The number of carbonyl (C=O) groups excluding carboxylic acids is 1. The summed E-state index contributed by atoms with van der Waals surface area (Å²) in [4.78, 5) is 16.2. The fraction of sp³-hybridized carbons (Fsp3) is 0.188. The number of halogens is 1. The standard InChI is InChI=1S/C16H17ClN6O/c1-12(10-22-9-7-18-11-22)20-16(24)21-14-5-2-4-13(17)15(14)23-8-3-6-19-23/h2-9,11-12H,10H2,1H3,(H2,20,21,24)/t12-/m0/s1. The summed E-state index contributed by atoms with van der Waals surface area (Å²) in [5.41, 5.74) is 1.21. The molecule has 3 aromatic rings. The number of amides is 2. The van der Waals surface area contributed by atoms with Crippen molar-refractivity contribution in [2.24, 2.45) is 0 Å². The van der Waals surface area contributed by atoms with Crippen molar-refractivity contribution in [3.63, 3.8) is 0 Å². The van der Waals surface area contributed by atoms with E-state index < -0.39 is 0 Å². The van der Waals surface area contributed by atoms with Gasteiger partial charge in [0.15, 0.2) is 0 Å². The number of nitrogens with one attached hydrogen (secondary N) is 2. The first kappa shape index (κ1) is 16.1. The van der Waals surface area contributed by atoms with Crippen LogP contribution in [-0.4, -0.2) is 31.4 Å². The lowest BCUT2D eigenvalue weighted by atomic mass is 10.2. The molecule has 0 aliphatic rings. The number of benzene rings is 1. The molecule has 1 atom stereocenters. The molecular formula is C16H17ClN6O. The molecule has 0 bridgehead atoms. The van der Waals surface area contributed by atoms with Crippen LogP contribution in [-0.2, 0) is 6.54 Å². The molecule has 24 heavy (non-hydrogen) atoms. The number of hydrogen-bond acceptors (Lipinski definition) is 3. The third kappa shape index (κ3) is 3.75. The molecule has 0 unspecified atom stereocenters. The predicted octanol–water partition coefficient (Wildman–Crippen LogP) is 2.93. The van der Waals surface area contributed by atoms with Crippen LogP contribution in [0.1, 0.15) is 6.92 Å². The van der Waals surface area contributed by atoms with E-state index in [-0.39, 0.29) is 12.1 Å². The van der Waals surface area contributed by atoms with E-state index in [0.717, 1.165) is 0 Å². The van der Waals surface area contributed by atoms with Crippen molar-refractivity contribution < 1.29 is 4.79 Å².